The average molecular weight is 243 g/mol. The van der Waals surface area contributed by atoms with Gasteiger partial charge in [-0.05, 0) is 41.7 Å². The monoisotopic (exact) mass is 243 g/mol. The summed E-state index contributed by atoms with van der Waals surface area (Å²) in [6.07, 6.45) is 0.104. The summed E-state index contributed by atoms with van der Waals surface area (Å²) in [5, 5.41) is 2.43. The van der Waals surface area contributed by atoms with Gasteiger partial charge in [0.15, 0.2) is 0 Å². The van der Waals surface area contributed by atoms with Crippen LogP contribution in [0.5, 0.6) is 5.75 Å². The summed E-state index contributed by atoms with van der Waals surface area (Å²) in [4.78, 5) is 0. The normalized spacial score (nSPS) is 22.9. The van der Waals surface area contributed by atoms with E-state index in [1.165, 1.54) is 0 Å². The topological polar surface area (TPSA) is 21.3 Å². The molecule has 0 aromatic heterocycles. The molecule has 3 rings (SSSR count). The minimum Gasteiger partial charge on any atom is -0.496 e. The van der Waals surface area contributed by atoms with Crippen molar-refractivity contribution in [2.24, 2.45) is 0 Å². The van der Waals surface area contributed by atoms with Crippen LogP contribution in [0.1, 0.15) is 16.6 Å². The standard InChI is InChI=1S/C16H17NO/c1-18-16-10-13-7-8-17-11-14(13)9-15(16)12-5-3-2-4-6-12/h2-6,9-10,17H,7-8,11H2,1H3/i8D2,11D2. The first kappa shape index (κ1) is 7.59. The molecule has 1 heterocycles. The molecule has 0 saturated carbocycles. The predicted molar refractivity (Wildman–Crippen MR) is 73.8 cm³/mol. The van der Waals surface area contributed by atoms with E-state index in [1.807, 2.05) is 30.3 Å². The minimum absolute atomic E-state index is 0.104. The molecule has 2 heteroatoms. The molecule has 0 unspecified atom stereocenters. The second-order valence-electron chi connectivity index (χ2n) is 4.18. The van der Waals surface area contributed by atoms with Gasteiger partial charge in [-0.3, -0.25) is 0 Å². The molecule has 0 bridgehead atoms. The van der Waals surface area contributed by atoms with Crippen LogP contribution in [0.15, 0.2) is 42.5 Å². The summed E-state index contributed by atoms with van der Waals surface area (Å²) in [7, 11) is 1.57. The van der Waals surface area contributed by atoms with Crippen molar-refractivity contribution < 1.29 is 10.2 Å². The molecule has 0 aliphatic carbocycles. The van der Waals surface area contributed by atoms with Crippen molar-refractivity contribution in [1.82, 2.24) is 5.32 Å². The van der Waals surface area contributed by atoms with Gasteiger partial charge in [-0.25, -0.2) is 0 Å². The van der Waals surface area contributed by atoms with Crippen molar-refractivity contribution in [3.63, 3.8) is 0 Å². The minimum atomic E-state index is -1.92. The van der Waals surface area contributed by atoms with Gasteiger partial charge in [0.2, 0.25) is 0 Å². The third kappa shape index (κ3) is 2.00. The number of hydrogen-bond donors (Lipinski definition) is 1. The summed E-state index contributed by atoms with van der Waals surface area (Å²) in [6.45, 7) is -3.71. The summed E-state index contributed by atoms with van der Waals surface area (Å²) in [5.74, 6) is 0.624. The van der Waals surface area contributed by atoms with Gasteiger partial charge in [-0.15, -0.1) is 0 Å². The predicted octanol–water partition coefficient (Wildman–Crippen LogP) is 3.01. The lowest BCUT2D eigenvalue weighted by molar-refractivity contribution is 0.415. The Morgan fingerprint density at radius 2 is 2.00 bits per heavy atom. The smallest absolute Gasteiger partial charge is 0.126 e. The molecule has 0 radical (unpaired) electrons. The van der Waals surface area contributed by atoms with Crippen molar-refractivity contribution >= 4 is 0 Å². The van der Waals surface area contributed by atoms with E-state index < -0.39 is 13.0 Å². The Kier molecular flexibility index (Phi) is 2.04. The lowest BCUT2D eigenvalue weighted by Gasteiger charge is -2.20. The van der Waals surface area contributed by atoms with Crippen LogP contribution in [-0.2, 0) is 12.9 Å². The van der Waals surface area contributed by atoms with Gasteiger partial charge in [0, 0.05) is 17.5 Å². The van der Waals surface area contributed by atoms with Crippen LogP contribution in [0.25, 0.3) is 11.1 Å². The number of methoxy groups -OCH3 is 1. The van der Waals surface area contributed by atoms with Crippen LogP contribution in [0, 0.1) is 0 Å². The molecule has 0 spiro atoms. The third-order valence-corrected chi connectivity index (χ3v) is 3.07. The largest absolute Gasteiger partial charge is 0.496 e. The zero-order valence-electron chi connectivity index (χ0n) is 14.2. The Labute approximate surface area is 113 Å². The SMILES string of the molecule is [2H]C1([2H])Cc2cc(OC)c(-c3ccccc3)cc2C([2H])([2H])N1. The molecular weight excluding hydrogens is 222 g/mol. The van der Waals surface area contributed by atoms with Crippen molar-refractivity contribution in [3.8, 4) is 16.9 Å². The fourth-order valence-electron chi connectivity index (χ4n) is 2.15. The van der Waals surface area contributed by atoms with Crippen LogP contribution in [0.4, 0.5) is 0 Å². The molecule has 2 aromatic carbocycles. The quantitative estimate of drug-likeness (QED) is 0.875. The Hall–Kier alpha value is -1.80. The van der Waals surface area contributed by atoms with Crippen LogP contribution >= 0.6 is 0 Å². The van der Waals surface area contributed by atoms with Crippen molar-refractivity contribution in [2.45, 2.75) is 12.9 Å². The fourth-order valence-corrected chi connectivity index (χ4v) is 2.15. The first-order valence-corrected chi connectivity index (χ1v) is 5.88. The molecule has 0 saturated heterocycles. The number of ether oxygens (including phenoxy) is 1. The second kappa shape index (κ2) is 4.83. The van der Waals surface area contributed by atoms with E-state index in [2.05, 4.69) is 5.32 Å². The molecule has 2 aromatic rings. The Balaban J connectivity index is 2.20. The molecule has 1 N–H and O–H groups in total. The summed E-state index contributed by atoms with van der Waals surface area (Å²) in [6, 6.07) is 13.1. The van der Waals surface area contributed by atoms with E-state index in [4.69, 9.17) is 10.2 Å². The molecule has 1 aliphatic heterocycles. The van der Waals surface area contributed by atoms with Gasteiger partial charge in [0.05, 0.1) is 7.11 Å². The molecule has 0 atom stereocenters. The summed E-state index contributed by atoms with van der Waals surface area (Å²) in [5.41, 5.74) is 2.83. The Morgan fingerprint density at radius 3 is 2.78 bits per heavy atom. The lowest BCUT2D eigenvalue weighted by atomic mass is 9.94. The number of hydrogen-bond acceptors (Lipinski definition) is 2. The zero-order valence-corrected chi connectivity index (χ0v) is 10.2. The van der Waals surface area contributed by atoms with Gasteiger partial charge < -0.3 is 10.1 Å². The van der Waals surface area contributed by atoms with E-state index in [-0.39, 0.29) is 6.42 Å². The number of fused-ring (bicyclic) bond motifs is 1. The van der Waals surface area contributed by atoms with Crippen LogP contribution in [0.3, 0.4) is 0 Å². The maximum atomic E-state index is 8.13. The Morgan fingerprint density at radius 1 is 1.17 bits per heavy atom. The van der Waals surface area contributed by atoms with Gasteiger partial charge in [-0.2, -0.15) is 0 Å². The number of aryl methyl sites for hydroxylation is 1. The third-order valence-electron chi connectivity index (χ3n) is 3.07. The number of nitrogens with one attached hydrogen (secondary N) is 1. The van der Waals surface area contributed by atoms with Crippen molar-refractivity contribution in [1.29, 1.82) is 0 Å². The highest BCUT2D eigenvalue weighted by Gasteiger charge is 2.14. The van der Waals surface area contributed by atoms with Crippen molar-refractivity contribution in [3.05, 3.63) is 53.6 Å². The molecule has 1 aliphatic rings. The fraction of sp³-hybridized carbons (Fsp3) is 0.250. The summed E-state index contributed by atoms with van der Waals surface area (Å²) >= 11 is 0. The van der Waals surface area contributed by atoms with Gasteiger partial charge in [0.25, 0.3) is 0 Å². The molecule has 0 fully saturated rings. The maximum Gasteiger partial charge on any atom is 0.126 e. The summed E-state index contributed by atoms with van der Waals surface area (Å²) < 4.78 is 37.4. The van der Waals surface area contributed by atoms with E-state index in [1.54, 1.807) is 19.2 Å². The van der Waals surface area contributed by atoms with Gasteiger partial charge in [0.1, 0.15) is 5.75 Å². The highest BCUT2D eigenvalue weighted by Crippen LogP contribution is 2.33. The zero-order chi connectivity index (χ0) is 16.0. The number of rotatable bonds is 2. The van der Waals surface area contributed by atoms with E-state index in [9.17, 15) is 0 Å². The van der Waals surface area contributed by atoms with E-state index in [0.717, 1.165) is 11.1 Å². The van der Waals surface area contributed by atoms with Gasteiger partial charge in [-0.1, -0.05) is 30.3 Å². The van der Waals surface area contributed by atoms with Gasteiger partial charge >= 0.3 is 0 Å². The van der Waals surface area contributed by atoms with Crippen LogP contribution < -0.4 is 10.1 Å². The lowest BCUT2D eigenvalue weighted by Crippen LogP contribution is -2.23. The van der Waals surface area contributed by atoms with Crippen LogP contribution in [-0.4, -0.2) is 13.6 Å². The maximum absolute atomic E-state index is 8.13. The molecule has 92 valence electrons. The highest BCUT2D eigenvalue weighted by molar-refractivity contribution is 5.72. The molecule has 18 heavy (non-hydrogen) atoms. The first-order valence-electron chi connectivity index (χ1n) is 7.88. The van der Waals surface area contributed by atoms with Crippen LogP contribution in [0.2, 0.25) is 0 Å². The second-order valence-corrected chi connectivity index (χ2v) is 4.18. The molecular formula is C16H17NO. The van der Waals surface area contributed by atoms with E-state index >= 15 is 0 Å². The highest BCUT2D eigenvalue weighted by atomic mass is 16.5. The molecule has 0 amide bonds. The Bertz CT molecular complexity index is 701. The number of benzene rings is 2. The molecule has 2 nitrogen and oxygen atoms in total. The van der Waals surface area contributed by atoms with E-state index in [0.29, 0.717) is 16.9 Å². The van der Waals surface area contributed by atoms with Crippen molar-refractivity contribution in [2.75, 3.05) is 13.6 Å². The average Bonchev–Trinajstić information content (AvgIpc) is 2.45. The first-order chi connectivity index (χ1) is 10.3.